The Hall–Kier alpha value is -3.47. The summed E-state index contributed by atoms with van der Waals surface area (Å²) in [4.78, 5) is 26.9. The Morgan fingerprint density at radius 3 is 2.60 bits per heavy atom. The molecule has 3 heterocycles. The van der Waals surface area contributed by atoms with Crippen molar-refractivity contribution in [3.05, 3.63) is 69.8 Å². The molecule has 154 valence electrons. The third-order valence-corrected chi connectivity index (χ3v) is 4.60. The fourth-order valence-corrected chi connectivity index (χ4v) is 3.26. The second-order valence-corrected chi connectivity index (χ2v) is 6.78. The largest absolute Gasteiger partial charge is 0.416 e. The van der Waals surface area contributed by atoms with Gasteiger partial charge in [-0.15, -0.1) is 0 Å². The molecule has 8 nitrogen and oxygen atoms in total. The van der Waals surface area contributed by atoms with E-state index in [9.17, 15) is 18.0 Å². The van der Waals surface area contributed by atoms with Crippen LogP contribution >= 0.6 is 11.6 Å². The van der Waals surface area contributed by atoms with E-state index in [4.69, 9.17) is 11.6 Å². The first-order valence-corrected chi connectivity index (χ1v) is 8.99. The molecule has 1 aromatic carbocycles. The third-order valence-electron chi connectivity index (χ3n) is 4.31. The Morgan fingerprint density at radius 1 is 1.17 bits per heavy atom. The number of pyridine rings is 1. The highest BCUT2D eigenvalue weighted by molar-refractivity contribution is 6.35. The molecule has 0 radical (unpaired) electrons. The van der Waals surface area contributed by atoms with Gasteiger partial charge in [0.25, 0.3) is 11.5 Å². The number of fused-ring (bicyclic) bond motifs is 1. The van der Waals surface area contributed by atoms with Crippen LogP contribution in [-0.4, -0.2) is 29.7 Å². The van der Waals surface area contributed by atoms with E-state index in [0.29, 0.717) is 5.82 Å². The van der Waals surface area contributed by atoms with Crippen LogP contribution in [0.25, 0.3) is 16.9 Å². The molecular formula is C18H13ClF3N7O. The van der Waals surface area contributed by atoms with Crippen LogP contribution in [0.5, 0.6) is 0 Å². The van der Waals surface area contributed by atoms with Crippen molar-refractivity contribution in [2.45, 2.75) is 19.1 Å². The van der Waals surface area contributed by atoms with Crippen LogP contribution in [0.4, 0.5) is 18.9 Å². The van der Waals surface area contributed by atoms with Crippen LogP contribution < -0.4 is 10.9 Å². The highest BCUT2D eigenvalue weighted by Crippen LogP contribution is 2.36. The van der Waals surface area contributed by atoms with Crippen molar-refractivity contribution in [1.82, 2.24) is 29.7 Å². The topological polar surface area (TPSA) is 101 Å². The summed E-state index contributed by atoms with van der Waals surface area (Å²) in [6.45, 7) is 1.71. The SMILES string of the molecule is C[C@H](Nc1cc(=O)[nH]c2c(Cl)cc(C(F)(F)F)cc12)c1ncnn1-c1ncccn1. The number of nitrogens with one attached hydrogen (secondary N) is 2. The minimum Gasteiger partial charge on any atom is -0.375 e. The van der Waals surface area contributed by atoms with Crippen molar-refractivity contribution >= 4 is 28.2 Å². The molecule has 1 atom stereocenters. The highest BCUT2D eigenvalue weighted by Gasteiger charge is 2.32. The van der Waals surface area contributed by atoms with Crippen molar-refractivity contribution in [3.63, 3.8) is 0 Å². The van der Waals surface area contributed by atoms with Gasteiger partial charge in [0, 0.05) is 29.5 Å². The van der Waals surface area contributed by atoms with Gasteiger partial charge in [0.1, 0.15) is 6.33 Å². The molecule has 0 aliphatic heterocycles. The number of aromatic nitrogens is 6. The van der Waals surface area contributed by atoms with Gasteiger partial charge in [-0.05, 0) is 25.1 Å². The van der Waals surface area contributed by atoms with E-state index < -0.39 is 23.3 Å². The fraction of sp³-hybridized carbons (Fsp3) is 0.167. The molecule has 4 rings (SSSR count). The van der Waals surface area contributed by atoms with Crippen LogP contribution in [-0.2, 0) is 6.18 Å². The number of benzene rings is 1. The van der Waals surface area contributed by atoms with Gasteiger partial charge in [0.2, 0.25) is 0 Å². The lowest BCUT2D eigenvalue weighted by Gasteiger charge is -2.18. The summed E-state index contributed by atoms with van der Waals surface area (Å²) in [5.41, 5.74) is -1.19. The van der Waals surface area contributed by atoms with E-state index >= 15 is 0 Å². The van der Waals surface area contributed by atoms with E-state index in [0.717, 1.165) is 18.2 Å². The first-order chi connectivity index (χ1) is 14.2. The fourth-order valence-electron chi connectivity index (χ4n) is 3.00. The summed E-state index contributed by atoms with van der Waals surface area (Å²) < 4.78 is 41.1. The van der Waals surface area contributed by atoms with Gasteiger partial charge < -0.3 is 10.3 Å². The summed E-state index contributed by atoms with van der Waals surface area (Å²) in [7, 11) is 0. The second kappa shape index (κ2) is 7.41. The summed E-state index contributed by atoms with van der Waals surface area (Å²) in [6.07, 6.45) is -0.215. The summed E-state index contributed by atoms with van der Waals surface area (Å²) in [6, 6.07) is 3.95. The molecule has 0 aliphatic rings. The molecule has 0 aliphatic carbocycles. The molecule has 0 fully saturated rings. The van der Waals surface area contributed by atoms with Gasteiger partial charge in [-0.1, -0.05) is 11.6 Å². The number of alkyl halides is 3. The number of hydrogen-bond donors (Lipinski definition) is 2. The molecule has 30 heavy (non-hydrogen) atoms. The standard InChI is InChI=1S/C18H13ClF3N7O/c1-9(16-25-8-26-29(16)17-23-3-2-4-24-17)27-13-7-14(30)28-15-11(13)5-10(6-12(15)19)18(20,21)22/h2-9H,1H3,(H2,27,28,30)/t9-/m0/s1. The monoisotopic (exact) mass is 435 g/mol. The smallest absolute Gasteiger partial charge is 0.375 e. The molecule has 0 amide bonds. The van der Waals surface area contributed by atoms with Crippen LogP contribution in [0.15, 0.2) is 47.8 Å². The van der Waals surface area contributed by atoms with Crippen LogP contribution in [0.1, 0.15) is 24.4 Å². The van der Waals surface area contributed by atoms with Crippen molar-refractivity contribution in [2.75, 3.05) is 5.32 Å². The third kappa shape index (κ3) is 3.71. The molecule has 0 saturated carbocycles. The van der Waals surface area contributed by atoms with Gasteiger partial charge >= 0.3 is 6.18 Å². The number of aromatic amines is 1. The van der Waals surface area contributed by atoms with Gasteiger partial charge in [0.15, 0.2) is 5.82 Å². The Labute approximate surface area is 171 Å². The van der Waals surface area contributed by atoms with Crippen LogP contribution in [0, 0.1) is 0 Å². The average Bonchev–Trinajstić information content (AvgIpc) is 3.18. The molecular weight excluding hydrogens is 423 g/mol. The lowest BCUT2D eigenvalue weighted by molar-refractivity contribution is -0.137. The zero-order valence-corrected chi connectivity index (χ0v) is 16.0. The number of H-pyrrole nitrogens is 1. The minimum atomic E-state index is -4.60. The number of nitrogens with zero attached hydrogens (tertiary/aromatic N) is 5. The second-order valence-electron chi connectivity index (χ2n) is 6.37. The molecule has 3 aromatic heterocycles. The highest BCUT2D eigenvalue weighted by atomic mass is 35.5. The van der Waals surface area contributed by atoms with Gasteiger partial charge in [-0.2, -0.15) is 23.0 Å². The molecule has 0 unspecified atom stereocenters. The van der Waals surface area contributed by atoms with Crippen LogP contribution in [0.2, 0.25) is 5.02 Å². The Morgan fingerprint density at radius 2 is 1.90 bits per heavy atom. The van der Waals surface area contributed by atoms with Crippen molar-refractivity contribution < 1.29 is 13.2 Å². The minimum absolute atomic E-state index is 0.0970. The van der Waals surface area contributed by atoms with Crippen molar-refractivity contribution in [2.24, 2.45) is 0 Å². The number of halogens is 4. The molecule has 12 heteroatoms. The Bertz CT molecular complexity index is 1270. The number of anilines is 1. The Kier molecular flexibility index (Phi) is 4.90. The number of hydrogen-bond acceptors (Lipinski definition) is 6. The van der Waals surface area contributed by atoms with Crippen molar-refractivity contribution in [3.8, 4) is 5.95 Å². The Balaban J connectivity index is 1.79. The zero-order valence-electron chi connectivity index (χ0n) is 15.3. The summed E-state index contributed by atoms with van der Waals surface area (Å²) in [5, 5.41) is 7.01. The predicted octanol–water partition coefficient (Wildman–Crippen LogP) is 3.74. The van der Waals surface area contributed by atoms with E-state index in [1.807, 2.05) is 0 Å². The van der Waals surface area contributed by atoms with Gasteiger partial charge in [-0.3, -0.25) is 4.79 Å². The normalized spacial score (nSPS) is 12.8. The first-order valence-electron chi connectivity index (χ1n) is 8.61. The van der Waals surface area contributed by atoms with Gasteiger partial charge in [-0.25, -0.2) is 15.0 Å². The molecule has 0 saturated heterocycles. The van der Waals surface area contributed by atoms with Crippen molar-refractivity contribution in [1.29, 1.82) is 0 Å². The van der Waals surface area contributed by atoms with E-state index in [2.05, 4.69) is 30.4 Å². The van der Waals surface area contributed by atoms with Gasteiger partial charge in [0.05, 0.1) is 22.1 Å². The summed E-state index contributed by atoms with van der Waals surface area (Å²) in [5.74, 6) is 0.671. The van der Waals surface area contributed by atoms with E-state index in [-0.39, 0.29) is 27.6 Å². The predicted molar refractivity (Wildman–Crippen MR) is 104 cm³/mol. The lowest BCUT2D eigenvalue weighted by atomic mass is 10.1. The first kappa shape index (κ1) is 19.8. The summed E-state index contributed by atoms with van der Waals surface area (Å²) >= 11 is 6.01. The maximum absolute atomic E-state index is 13.2. The van der Waals surface area contributed by atoms with Crippen LogP contribution in [0.3, 0.4) is 0 Å². The molecule has 2 N–H and O–H groups in total. The number of rotatable bonds is 4. The maximum atomic E-state index is 13.2. The van der Waals surface area contributed by atoms with E-state index in [1.54, 1.807) is 13.0 Å². The van der Waals surface area contributed by atoms with E-state index in [1.165, 1.54) is 23.4 Å². The molecule has 0 spiro atoms. The molecule has 0 bridgehead atoms. The quantitative estimate of drug-likeness (QED) is 0.506. The molecule has 4 aromatic rings. The average molecular weight is 436 g/mol. The zero-order chi connectivity index (χ0) is 21.5. The maximum Gasteiger partial charge on any atom is 0.416 e. The lowest BCUT2D eigenvalue weighted by Crippen LogP contribution is -2.17.